The van der Waals surface area contributed by atoms with Crippen molar-refractivity contribution in [1.29, 1.82) is 0 Å². The van der Waals surface area contributed by atoms with Crippen molar-refractivity contribution in [1.82, 2.24) is 29.8 Å². The molecule has 0 aliphatic rings. The highest BCUT2D eigenvalue weighted by molar-refractivity contribution is 7.99. The highest BCUT2D eigenvalue weighted by Gasteiger charge is 2.13. The quantitative estimate of drug-likeness (QED) is 0.695. The molecule has 0 radical (unpaired) electrons. The molecule has 0 aliphatic carbocycles. The zero-order valence-corrected chi connectivity index (χ0v) is 12.0. The number of hydrogen-bond donors (Lipinski definition) is 1. The monoisotopic (exact) mass is 304 g/mol. The van der Waals surface area contributed by atoms with Crippen LogP contribution in [0.15, 0.2) is 29.4 Å². The van der Waals surface area contributed by atoms with Crippen LogP contribution >= 0.6 is 11.8 Å². The number of fused-ring (bicyclic) bond motifs is 1. The van der Waals surface area contributed by atoms with Crippen molar-refractivity contribution in [3.63, 3.8) is 0 Å². The van der Waals surface area contributed by atoms with Crippen LogP contribution in [0.1, 0.15) is 5.82 Å². The lowest BCUT2D eigenvalue weighted by Crippen LogP contribution is -2.08. The number of carboxylic acids is 1. The summed E-state index contributed by atoms with van der Waals surface area (Å²) < 4.78 is 3.51. The zero-order chi connectivity index (χ0) is 14.8. The molecule has 2 aromatic heterocycles. The lowest BCUT2D eigenvalue weighted by atomic mass is 10.3. The second kappa shape index (κ2) is 5.52. The maximum atomic E-state index is 10.6. The predicted molar refractivity (Wildman–Crippen MR) is 76.0 cm³/mol. The van der Waals surface area contributed by atoms with Crippen LogP contribution in [-0.2, 0) is 18.4 Å². The fourth-order valence-corrected chi connectivity index (χ4v) is 2.55. The average Bonchev–Trinajstić information content (AvgIpc) is 3.03. The van der Waals surface area contributed by atoms with Crippen molar-refractivity contribution in [3.8, 4) is 0 Å². The normalized spacial score (nSPS) is 11.1. The third-order valence-electron chi connectivity index (χ3n) is 2.96. The largest absolute Gasteiger partial charge is 0.481 e. The summed E-state index contributed by atoms with van der Waals surface area (Å²) in [5.41, 5.74) is 1.74. The van der Waals surface area contributed by atoms with E-state index in [9.17, 15) is 4.79 Å². The lowest BCUT2D eigenvalue weighted by molar-refractivity contribution is -0.133. The Morgan fingerprint density at radius 2 is 2.10 bits per heavy atom. The van der Waals surface area contributed by atoms with E-state index in [1.807, 2.05) is 24.3 Å². The van der Waals surface area contributed by atoms with E-state index in [1.165, 1.54) is 0 Å². The van der Waals surface area contributed by atoms with Gasteiger partial charge in [-0.3, -0.25) is 4.79 Å². The summed E-state index contributed by atoms with van der Waals surface area (Å²) in [5, 5.41) is 25.5. The van der Waals surface area contributed by atoms with Crippen molar-refractivity contribution in [2.75, 3.05) is 5.75 Å². The summed E-state index contributed by atoms with van der Waals surface area (Å²) in [6, 6.07) is 7.66. The summed E-state index contributed by atoms with van der Waals surface area (Å²) in [5.74, 6) is -0.233. The molecule has 108 valence electrons. The third-order valence-corrected chi connectivity index (χ3v) is 3.97. The number of thioether (sulfide) groups is 1. The Labute approximate surface area is 123 Å². The number of aromatic nitrogens is 6. The lowest BCUT2D eigenvalue weighted by Gasteiger charge is -2.03. The van der Waals surface area contributed by atoms with Gasteiger partial charge in [0.25, 0.3) is 0 Å². The molecule has 0 amide bonds. The van der Waals surface area contributed by atoms with Crippen LogP contribution in [0.4, 0.5) is 0 Å². The van der Waals surface area contributed by atoms with E-state index in [2.05, 4.69) is 20.5 Å². The van der Waals surface area contributed by atoms with Crippen molar-refractivity contribution in [3.05, 3.63) is 30.1 Å². The van der Waals surface area contributed by atoms with Gasteiger partial charge in [-0.05, 0) is 12.1 Å². The fraction of sp³-hybridized carbons (Fsp3) is 0.250. The highest BCUT2D eigenvalue weighted by Crippen LogP contribution is 2.17. The van der Waals surface area contributed by atoms with Gasteiger partial charge >= 0.3 is 5.97 Å². The first-order valence-corrected chi connectivity index (χ1v) is 7.15. The minimum Gasteiger partial charge on any atom is -0.481 e. The molecule has 1 aromatic carbocycles. The molecule has 1 N–H and O–H groups in total. The Balaban J connectivity index is 1.83. The average molecular weight is 304 g/mol. The molecule has 9 heteroatoms. The molecular weight excluding hydrogens is 292 g/mol. The van der Waals surface area contributed by atoms with Gasteiger partial charge in [-0.15, -0.1) is 15.3 Å². The van der Waals surface area contributed by atoms with E-state index >= 15 is 0 Å². The number of hydrogen-bond acceptors (Lipinski definition) is 6. The Hall–Kier alpha value is -2.42. The van der Waals surface area contributed by atoms with E-state index in [0.29, 0.717) is 17.5 Å². The summed E-state index contributed by atoms with van der Waals surface area (Å²) in [6.07, 6.45) is 0. The van der Waals surface area contributed by atoms with Gasteiger partial charge in [-0.1, -0.05) is 29.1 Å². The Morgan fingerprint density at radius 3 is 2.90 bits per heavy atom. The maximum Gasteiger partial charge on any atom is 0.313 e. The Bertz CT molecular complexity index is 796. The van der Waals surface area contributed by atoms with Gasteiger partial charge in [0.2, 0.25) is 0 Å². The SMILES string of the molecule is Cn1c(Cn2nnc3ccccc32)nnc1SCC(=O)O. The second-order valence-electron chi connectivity index (χ2n) is 4.38. The Kier molecular flexibility index (Phi) is 3.57. The van der Waals surface area contributed by atoms with Crippen molar-refractivity contribution >= 4 is 28.8 Å². The first kappa shape index (κ1) is 13.6. The molecule has 0 aliphatic heterocycles. The summed E-state index contributed by atoms with van der Waals surface area (Å²) in [7, 11) is 1.80. The Morgan fingerprint density at radius 1 is 1.29 bits per heavy atom. The molecule has 0 saturated heterocycles. The van der Waals surface area contributed by atoms with Crippen LogP contribution in [0.5, 0.6) is 0 Å². The molecule has 0 fully saturated rings. The zero-order valence-electron chi connectivity index (χ0n) is 11.2. The topological polar surface area (TPSA) is 98.7 Å². The molecule has 0 saturated carbocycles. The number of aliphatic carboxylic acids is 1. The van der Waals surface area contributed by atoms with E-state index in [4.69, 9.17) is 5.11 Å². The van der Waals surface area contributed by atoms with E-state index < -0.39 is 5.97 Å². The number of carbonyl (C=O) groups is 1. The molecule has 0 unspecified atom stereocenters. The van der Waals surface area contributed by atoms with Gasteiger partial charge in [-0.25, -0.2) is 4.68 Å². The van der Waals surface area contributed by atoms with Crippen LogP contribution in [0.25, 0.3) is 11.0 Å². The van der Waals surface area contributed by atoms with Gasteiger partial charge in [0.05, 0.1) is 11.3 Å². The number of carboxylic acid groups (broad SMARTS) is 1. The summed E-state index contributed by atoms with van der Waals surface area (Å²) in [4.78, 5) is 10.6. The smallest absolute Gasteiger partial charge is 0.313 e. The van der Waals surface area contributed by atoms with E-state index in [0.717, 1.165) is 22.8 Å². The molecule has 21 heavy (non-hydrogen) atoms. The molecule has 2 heterocycles. The third kappa shape index (κ3) is 2.72. The summed E-state index contributed by atoms with van der Waals surface area (Å²) >= 11 is 1.14. The number of benzene rings is 1. The van der Waals surface area contributed by atoms with Crippen LogP contribution < -0.4 is 0 Å². The minimum absolute atomic E-state index is 0.0434. The maximum absolute atomic E-state index is 10.6. The van der Waals surface area contributed by atoms with Crippen molar-refractivity contribution < 1.29 is 9.90 Å². The van der Waals surface area contributed by atoms with Crippen molar-refractivity contribution in [2.24, 2.45) is 7.05 Å². The molecule has 8 nitrogen and oxygen atoms in total. The first-order valence-electron chi connectivity index (χ1n) is 6.16. The van der Waals surface area contributed by atoms with E-state index in [-0.39, 0.29) is 5.75 Å². The van der Waals surface area contributed by atoms with Gasteiger partial charge in [0.15, 0.2) is 11.0 Å². The van der Waals surface area contributed by atoms with E-state index in [1.54, 1.807) is 16.3 Å². The fourth-order valence-electron chi connectivity index (χ4n) is 1.90. The molecule has 3 rings (SSSR count). The number of rotatable bonds is 5. The first-order chi connectivity index (χ1) is 10.1. The van der Waals surface area contributed by atoms with Gasteiger partial charge < -0.3 is 9.67 Å². The van der Waals surface area contributed by atoms with Crippen molar-refractivity contribution in [2.45, 2.75) is 11.7 Å². The van der Waals surface area contributed by atoms with Crippen LogP contribution in [0, 0.1) is 0 Å². The second-order valence-corrected chi connectivity index (χ2v) is 5.32. The molecule has 0 atom stereocenters. The molecule has 3 aromatic rings. The highest BCUT2D eigenvalue weighted by atomic mass is 32.2. The minimum atomic E-state index is -0.883. The van der Waals surface area contributed by atoms with Crippen LogP contribution in [0.2, 0.25) is 0 Å². The van der Waals surface area contributed by atoms with Crippen LogP contribution in [0.3, 0.4) is 0 Å². The molecule has 0 bridgehead atoms. The van der Waals surface area contributed by atoms with Gasteiger partial charge in [-0.2, -0.15) is 0 Å². The number of nitrogens with zero attached hydrogens (tertiary/aromatic N) is 6. The molecule has 0 spiro atoms. The summed E-state index contributed by atoms with van der Waals surface area (Å²) in [6.45, 7) is 0.428. The van der Waals surface area contributed by atoms with Gasteiger partial charge in [0.1, 0.15) is 12.1 Å². The van der Waals surface area contributed by atoms with Crippen LogP contribution in [-0.4, -0.2) is 46.6 Å². The molecular formula is C12H12N6O2S. The number of para-hydroxylation sites is 1. The predicted octanol–water partition coefficient (Wildman–Crippen LogP) is 0.785. The standard InChI is InChI=1S/C12H12N6O2S/c1-17-10(14-15-12(17)21-7-11(19)20)6-18-9-5-3-2-4-8(9)13-16-18/h2-5H,6-7H2,1H3,(H,19,20). The van der Waals surface area contributed by atoms with Gasteiger partial charge in [0, 0.05) is 7.05 Å².